The third-order valence-electron chi connectivity index (χ3n) is 1.66. The molecule has 104 valence electrons. The van der Waals surface area contributed by atoms with Gasteiger partial charge in [0.25, 0.3) is 0 Å². The third-order valence-corrected chi connectivity index (χ3v) is 2.63. The van der Waals surface area contributed by atoms with Crippen molar-refractivity contribution in [1.82, 2.24) is 5.32 Å². The van der Waals surface area contributed by atoms with Crippen molar-refractivity contribution < 1.29 is 19.4 Å². The zero-order valence-corrected chi connectivity index (χ0v) is 11.6. The van der Waals surface area contributed by atoms with Gasteiger partial charge < -0.3 is 15.6 Å². The molecule has 0 fully saturated rings. The van der Waals surface area contributed by atoms with Crippen molar-refractivity contribution in [2.75, 3.05) is 0 Å². The number of hydrogen-bond acceptors (Lipinski definition) is 5. The van der Waals surface area contributed by atoms with E-state index in [4.69, 9.17) is 15.6 Å². The van der Waals surface area contributed by atoms with Crippen LogP contribution >= 0.6 is 11.3 Å². The van der Waals surface area contributed by atoms with Gasteiger partial charge in [0.2, 0.25) is 5.96 Å². The first-order valence-electron chi connectivity index (χ1n) is 5.34. The van der Waals surface area contributed by atoms with Crippen LogP contribution in [-0.4, -0.2) is 28.7 Å². The summed E-state index contributed by atoms with van der Waals surface area (Å²) in [4.78, 5) is 26.1. The molecule has 0 radical (unpaired) electrons. The highest BCUT2D eigenvalue weighted by molar-refractivity contribution is 7.17. The van der Waals surface area contributed by atoms with E-state index >= 15 is 0 Å². The van der Waals surface area contributed by atoms with Crippen molar-refractivity contribution in [3.8, 4) is 0 Å². The molecule has 0 aliphatic carbocycles. The van der Waals surface area contributed by atoms with Gasteiger partial charge in [-0.25, -0.2) is 14.6 Å². The summed E-state index contributed by atoms with van der Waals surface area (Å²) in [5.41, 5.74) is 4.87. The Bertz CT molecular complexity index is 516. The highest BCUT2D eigenvalue weighted by atomic mass is 32.1. The lowest BCUT2D eigenvalue weighted by molar-refractivity contribution is 0.0561. The van der Waals surface area contributed by atoms with Gasteiger partial charge in [0.15, 0.2) is 0 Å². The van der Waals surface area contributed by atoms with E-state index in [0.29, 0.717) is 5.00 Å². The van der Waals surface area contributed by atoms with Crippen LogP contribution in [0.2, 0.25) is 0 Å². The Morgan fingerprint density at radius 3 is 2.53 bits per heavy atom. The lowest BCUT2D eigenvalue weighted by Crippen LogP contribution is -2.40. The highest BCUT2D eigenvalue weighted by Crippen LogP contribution is 2.24. The molecule has 19 heavy (non-hydrogen) atoms. The van der Waals surface area contributed by atoms with Gasteiger partial charge in [-0.1, -0.05) is 0 Å². The summed E-state index contributed by atoms with van der Waals surface area (Å²) in [5.74, 6) is -1.20. The molecule has 4 N–H and O–H groups in total. The molecular formula is C11H15N3O4S. The maximum atomic E-state index is 11.4. The topological polar surface area (TPSA) is 114 Å². The smallest absolute Gasteiger partial charge is 0.414 e. The van der Waals surface area contributed by atoms with Crippen molar-refractivity contribution in [1.29, 1.82) is 0 Å². The van der Waals surface area contributed by atoms with Crippen LogP contribution in [0.1, 0.15) is 30.4 Å². The maximum Gasteiger partial charge on any atom is 0.414 e. The average Bonchev–Trinajstić information content (AvgIpc) is 2.62. The average molecular weight is 285 g/mol. The Kier molecular flexibility index (Phi) is 4.49. The van der Waals surface area contributed by atoms with Crippen LogP contribution in [0.15, 0.2) is 17.1 Å². The summed E-state index contributed by atoms with van der Waals surface area (Å²) in [5, 5.41) is 11.4. The van der Waals surface area contributed by atoms with Gasteiger partial charge in [-0.3, -0.25) is 5.32 Å². The second-order valence-electron chi connectivity index (χ2n) is 4.57. The van der Waals surface area contributed by atoms with Crippen LogP contribution < -0.4 is 11.1 Å². The fourth-order valence-electron chi connectivity index (χ4n) is 1.06. The number of guanidine groups is 1. The summed E-state index contributed by atoms with van der Waals surface area (Å²) in [6.07, 6.45) is -0.719. The molecule has 0 aromatic carbocycles. The Morgan fingerprint density at radius 2 is 2.05 bits per heavy atom. The third kappa shape index (κ3) is 5.38. The molecule has 1 heterocycles. The van der Waals surface area contributed by atoms with Gasteiger partial charge in [-0.2, -0.15) is 0 Å². The van der Waals surface area contributed by atoms with Crippen molar-refractivity contribution in [2.24, 2.45) is 10.7 Å². The van der Waals surface area contributed by atoms with Gasteiger partial charge >= 0.3 is 12.1 Å². The summed E-state index contributed by atoms with van der Waals surface area (Å²) in [6, 6.07) is 2.91. The molecule has 1 rings (SSSR count). The molecule has 0 saturated heterocycles. The number of thiophene rings is 1. The fourth-order valence-corrected chi connectivity index (χ4v) is 1.79. The second kappa shape index (κ2) is 5.70. The number of nitrogens with one attached hydrogen (secondary N) is 1. The van der Waals surface area contributed by atoms with E-state index in [1.165, 1.54) is 12.1 Å². The first-order valence-corrected chi connectivity index (χ1v) is 6.16. The predicted molar refractivity (Wildman–Crippen MR) is 71.9 cm³/mol. The van der Waals surface area contributed by atoms with Gasteiger partial charge in [0.1, 0.15) is 15.5 Å². The number of carboxylic acids is 1. The van der Waals surface area contributed by atoms with Crippen molar-refractivity contribution in [2.45, 2.75) is 26.4 Å². The van der Waals surface area contributed by atoms with Crippen LogP contribution in [0, 0.1) is 0 Å². The molecule has 0 unspecified atom stereocenters. The molecule has 1 aromatic heterocycles. The van der Waals surface area contributed by atoms with E-state index in [-0.39, 0.29) is 10.8 Å². The van der Waals surface area contributed by atoms with E-state index in [9.17, 15) is 9.59 Å². The number of nitrogens with zero attached hydrogens (tertiary/aromatic N) is 1. The monoisotopic (exact) mass is 285 g/mol. The standard InChI is InChI=1S/C11H15N3O4S/c1-11(2,3)18-10(17)14-9(12)13-7-5-4-6(19-7)8(15)16/h4-5H,1-3H3,(H,15,16)(H3,12,13,14,17). The van der Waals surface area contributed by atoms with Crippen LogP contribution in [0.5, 0.6) is 0 Å². The Labute approximate surface area is 114 Å². The molecule has 8 heteroatoms. The van der Waals surface area contributed by atoms with Crippen molar-refractivity contribution in [3.63, 3.8) is 0 Å². The number of carboxylic acid groups (broad SMARTS) is 1. The number of carbonyl (C=O) groups is 2. The maximum absolute atomic E-state index is 11.4. The lowest BCUT2D eigenvalue weighted by Gasteiger charge is -2.19. The van der Waals surface area contributed by atoms with E-state index in [0.717, 1.165) is 11.3 Å². The SMILES string of the molecule is CC(C)(C)OC(=O)N/C(N)=N\c1ccc(C(=O)O)s1. The number of hydrogen-bond donors (Lipinski definition) is 3. The molecule has 1 amide bonds. The van der Waals surface area contributed by atoms with E-state index in [1.807, 2.05) is 0 Å². The first kappa shape index (κ1) is 15.0. The number of carbonyl (C=O) groups excluding carboxylic acids is 1. The molecule has 0 saturated carbocycles. The minimum absolute atomic E-state index is 0.142. The van der Waals surface area contributed by atoms with Gasteiger partial charge in [0, 0.05) is 0 Å². The summed E-state index contributed by atoms with van der Waals surface area (Å²) in [7, 11) is 0. The van der Waals surface area contributed by atoms with Crippen LogP contribution in [-0.2, 0) is 4.74 Å². The molecule has 7 nitrogen and oxygen atoms in total. The number of aromatic carboxylic acids is 1. The Morgan fingerprint density at radius 1 is 1.42 bits per heavy atom. The normalized spacial score (nSPS) is 12.1. The summed E-state index contributed by atoms with van der Waals surface area (Å²) < 4.78 is 4.99. The fraction of sp³-hybridized carbons (Fsp3) is 0.364. The number of rotatable bonds is 2. The zero-order valence-electron chi connectivity index (χ0n) is 10.8. The van der Waals surface area contributed by atoms with Gasteiger partial charge in [-0.05, 0) is 32.9 Å². The van der Waals surface area contributed by atoms with Crippen LogP contribution in [0.4, 0.5) is 9.80 Å². The molecule has 0 aliphatic rings. The predicted octanol–water partition coefficient (Wildman–Crippen LogP) is 1.92. The van der Waals surface area contributed by atoms with Crippen molar-refractivity contribution >= 4 is 34.4 Å². The number of ether oxygens (including phenoxy) is 1. The summed E-state index contributed by atoms with van der Waals surface area (Å²) in [6.45, 7) is 5.16. The highest BCUT2D eigenvalue weighted by Gasteiger charge is 2.16. The lowest BCUT2D eigenvalue weighted by atomic mass is 10.2. The van der Waals surface area contributed by atoms with Gasteiger partial charge in [-0.15, -0.1) is 11.3 Å². The van der Waals surface area contributed by atoms with E-state index < -0.39 is 17.7 Å². The summed E-state index contributed by atoms with van der Waals surface area (Å²) >= 11 is 0.950. The number of aliphatic imine (C=N–C) groups is 1. The number of nitrogens with two attached hydrogens (primary N) is 1. The minimum atomic E-state index is -1.04. The molecule has 0 spiro atoms. The van der Waals surface area contributed by atoms with Gasteiger partial charge in [0.05, 0.1) is 0 Å². The van der Waals surface area contributed by atoms with E-state index in [1.54, 1.807) is 20.8 Å². The van der Waals surface area contributed by atoms with Crippen molar-refractivity contribution in [3.05, 3.63) is 17.0 Å². The first-order chi connectivity index (χ1) is 8.67. The Balaban J connectivity index is 2.66. The molecule has 0 bridgehead atoms. The molecule has 0 atom stereocenters. The molecular weight excluding hydrogens is 270 g/mol. The molecule has 1 aromatic rings. The zero-order chi connectivity index (χ0) is 14.6. The Hall–Kier alpha value is -2.09. The van der Waals surface area contributed by atoms with E-state index in [2.05, 4.69) is 10.3 Å². The van der Waals surface area contributed by atoms with Crippen LogP contribution in [0.3, 0.4) is 0 Å². The second-order valence-corrected chi connectivity index (χ2v) is 5.63. The largest absolute Gasteiger partial charge is 0.477 e. The minimum Gasteiger partial charge on any atom is -0.477 e. The van der Waals surface area contributed by atoms with Crippen LogP contribution in [0.25, 0.3) is 0 Å². The quantitative estimate of drug-likeness (QED) is 0.567. The molecule has 0 aliphatic heterocycles. The number of amides is 1. The number of alkyl carbamates (subject to hydrolysis) is 1.